The third kappa shape index (κ3) is 3.39. The van der Waals surface area contributed by atoms with Crippen LogP contribution in [0.2, 0.25) is 0 Å². The van der Waals surface area contributed by atoms with Crippen LogP contribution in [0.5, 0.6) is 11.5 Å². The summed E-state index contributed by atoms with van der Waals surface area (Å²) in [5.74, 6) is 0.161. The first-order chi connectivity index (χ1) is 11.6. The van der Waals surface area contributed by atoms with Gasteiger partial charge in [0, 0.05) is 15.7 Å². The molecule has 0 amide bonds. The molecule has 0 fully saturated rings. The highest BCUT2D eigenvalue weighted by Gasteiger charge is 2.17. The van der Waals surface area contributed by atoms with Crippen molar-refractivity contribution in [3.8, 4) is 11.5 Å². The Morgan fingerprint density at radius 2 is 1.62 bits per heavy atom. The van der Waals surface area contributed by atoms with Crippen molar-refractivity contribution in [3.63, 3.8) is 0 Å². The summed E-state index contributed by atoms with van der Waals surface area (Å²) in [5.41, 5.74) is 0. The molecular weight excluding hydrogens is 320 g/mol. The topological polar surface area (TPSA) is 46.5 Å². The van der Waals surface area contributed by atoms with Crippen LogP contribution in [0.15, 0.2) is 70.5 Å². The Balaban J connectivity index is 2.09. The van der Waals surface area contributed by atoms with Gasteiger partial charge in [-0.25, -0.2) is 0 Å². The zero-order valence-corrected chi connectivity index (χ0v) is 14.3. The minimum absolute atomic E-state index is 0.198. The molecule has 3 rings (SSSR count). The van der Waals surface area contributed by atoms with E-state index in [1.54, 1.807) is 19.9 Å². The van der Waals surface area contributed by atoms with Gasteiger partial charge in [-0.1, -0.05) is 68.1 Å². The number of esters is 1. The predicted molar refractivity (Wildman–Crippen MR) is 96.7 cm³/mol. The fourth-order valence-corrected chi connectivity index (χ4v) is 3.23. The second kappa shape index (κ2) is 6.97. The standard InChI is InChI=1S/C20H18O3S/c1-13(2)20(22)23-17-12-18(24-14-8-4-3-5-9-14)19(21)16-11-7-6-10-15(16)17/h3-13,21H,1-2H3. The Morgan fingerprint density at radius 1 is 1.00 bits per heavy atom. The lowest BCUT2D eigenvalue weighted by atomic mass is 10.1. The highest BCUT2D eigenvalue weighted by Crippen LogP contribution is 2.43. The van der Waals surface area contributed by atoms with Crippen molar-refractivity contribution in [3.05, 3.63) is 60.7 Å². The largest absolute Gasteiger partial charge is 0.506 e. The molecular formula is C20H18O3S. The Hall–Kier alpha value is -2.46. The first-order valence-corrected chi connectivity index (χ1v) is 8.57. The van der Waals surface area contributed by atoms with Crippen molar-refractivity contribution in [1.82, 2.24) is 0 Å². The third-order valence-corrected chi connectivity index (χ3v) is 4.64. The molecule has 0 unspecified atom stereocenters. The summed E-state index contributed by atoms with van der Waals surface area (Å²) in [5, 5.41) is 12.0. The van der Waals surface area contributed by atoms with Crippen LogP contribution >= 0.6 is 11.8 Å². The molecule has 0 heterocycles. The van der Waals surface area contributed by atoms with E-state index in [9.17, 15) is 9.90 Å². The molecule has 0 radical (unpaired) electrons. The summed E-state index contributed by atoms with van der Waals surface area (Å²) in [6.45, 7) is 3.59. The minimum Gasteiger partial charge on any atom is -0.506 e. The SMILES string of the molecule is CC(C)C(=O)Oc1cc(Sc2ccccc2)c(O)c2ccccc12. The first kappa shape index (κ1) is 16.4. The Kier molecular flexibility index (Phi) is 4.76. The Morgan fingerprint density at radius 3 is 2.29 bits per heavy atom. The van der Waals surface area contributed by atoms with Crippen molar-refractivity contribution in [2.45, 2.75) is 23.6 Å². The summed E-state index contributed by atoms with van der Waals surface area (Å²) in [6, 6.07) is 18.9. The van der Waals surface area contributed by atoms with Gasteiger partial charge in [0.05, 0.1) is 10.8 Å². The van der Waals surface area contributed by atoms with E-state index in [-0.39, 0.29) is 17.6 Å². The van der Waals surface area contributed by atoms with Crippen LogP contribution in [0.4, 0.5) is 0 Å². The number of ether oxygens (including phenoxy) is 1. The molecule has 3 nitrogen and oxygen atoms in total. The lowest BCUT2D eigenvalue weighted by Crippen LogP contribution is -2.15. The average molecular weight is 338 g/mol. The van der Waals surface area contributed by atoms with Gasteiger partial charge in [0.15, 0.2) is 0 Å². The molecule has 0 aliphatic heterocycles. The molecule has 4 heteroatoms. The number of phenolic OH excluding ortho intramolecular Hbond substituents is 1. The first-order valence-electron chi connectivity index (χ1n) is 7.75. The highest BCUT2D eigenvalue weighted by molar-refractivity contribution is 7.99. The summed E-state index contributed by atoms with van der Waals surface area (Å²) >= 11 is 1.44. The van der Waals surface area contributed by atoms with Gasteiger partial charge in [-0.3, -0.25) is 4.79 Å². The second-order valence-electron chi connectivity index (χ2n) is 5.76. The maximum absolute atomic E-state index is 12.0. The van der Waals surface area contributed by atoms with E-state index in [1.165, 1.54) is 11.8 Å². The molecule has 0 spiro atoms. The number of rotatable bonds is 4. The van der Waals surface area contributed by atoms with Crippen LogP contribution in [0, 0.1) is 5.92 Å². The number of hydrogen-bond acceptors (Lipinski definition) is 4. The molecule has 0 aliphatic rings. The quantitative estimate of drug-likeness (QED) is 0.521. The summed E-state index contributed by atoms with van der Waals surface area (Å²) in [7, 11) is 0. The molecule has 0 aliphatic carbocycles. The Labute approximate surface area is 145 Å². The molecule has 0 bridgehead atoms. The van der Waals surface area contributed by atoms with E-state index in [0.29, 0.717) is 16.0 Å². The lowest BCUT2D eigenvalue weighted by Gasteiger charge is -2.14. The maximum Gasteiger partial charge on any atom is 0.313 e. The van der Waals surface area contributed by atoms with E-state index in [1.807, 2.05) is 54.6 Å². The number of fused-ring (bicyclic) bond motifs is 1. The molecule has 0 atom stereocenters. The monoisotopic (exact) mass is 338 g/mol. The smallest absolute Gasteiger partial charge is 0.313 e. The van der Waals surface area contributed by atoms with E-state index in [2.05, 4.69) is 0 Å². The minimum atomic E-state index is -0.290. The molecule has 0 saturated heterocycles. The molecule has 0 aromatic heterocycles. The maximum atomic E-state index is 12.0. The number of phenols is 1. The summed E-state index contributed by atoms with van der Waals surface area (Å²) in [6.07, 6.45) is 0. The zero-order chi connectivity index (χ0) is 17.1. The van der Waals surface area contributed by atoms with Crippen molar-refractivity contribution in [1.29, 1.82) is 0 Å². The molecule has 0 saturated carbocycles. The lowest BCUT2D eigenvalue weighted by molar-refractivity contribution is -0.137. The van der Waals surface area contributed by atoms with E-state index < -0.39 is 0 Å². The van der Waals surface area contributed by atoms with Crippen molar-refractivity contribution < 1.29 is 14.6 Å². The fraction of sp³-hybridized carbons (Fsp3) is 0.150. The van der Waals surface area contributed by atoms with Crippen LogP contribution in [0.25, 0.3) is 10.8 Å². The van der Waals surface area contributed by atoms with Crippen molar-refractivity contribution in [2.75, 3.05) is 0 Å². The van der Waals surface area contributed by atoms with Gasteiger partial charge in [0.1, 0.15) is 11.5 Å². The van der Waals surface area contributed by atoms with E-state index in [0.717, 1.165) is 10.3 Å². The van der Waals surface area contributed by atoms with Gasteiger partial charge < -0.3 is 9.84 Å². The van der Waals surface area contributed by atoms with Gasteiger partial charge in [-0.2, -0.15) is 0 Å². The van der Waals surface area contributed by atoms with Crippen LogP contribution in [0.1, 0.15) is 13.8 Å². The number of aromatic hydroxyl groups is 1. The van der Waals surface area contributed by atoms with Gasteiger partial charge >= 0.3 is 5.97 Å². The van der Waals surface area contributed by atoms with Crippen LogP contribution < -0.4 is 4.74 Å². The third-order valence-electron chi connectivity index (χ3n) is 3.60. The van der Waals surface area contributed by atoms with Crippen LogP contribution in [-0.2, 0) is 4.79 Å². The normalized spacial score (nSPS) is 11.0. The number of benzene rings is 3. The second-order valence-corrected chi connectivity index (χ2v) is 6.87. The molecule has 122 valence electrons. The molecule has 3 aromatic rings. The van der Waals surface area contributed by atoms with Crippen molar-refractivity contribution in [2.24, 2.45) is 5.92 Å². The molecule has 1 N–H and O–H groups in total. The predicted octanol–water partition coefficient (Wildman–Crippen LogP) is 5.26. The van der Waals surface area contributed by atoms with Gasteiger partial charge in [-0.05, 0) is 18.2 Å². The Bertz CT molecular complexity index is 873. The van der Waals surface area contributed by atoms with Crippen LogP contribution in [-0.4, -0.2) is 11.1 Å². The van der Waals surface area contributed by atoms with Gasteiger partial charge in [-0.15, -0.1) is 0 Å². The number of hydrogen-bond donors (Lipinski definition) is 1. The van der Waals surface area contributed by atoms with Gasteiger partial charge in [0.2, 0.25) is 0 Å². The zero-order valence-electron chi connectivity index (χ0n) is 13.5. The average Bonchev–Trinajstić information content (AvgIpc) is 2.59. The van der Waals surface area contributed by atoms with E-state index in [4.69, 9.17) is 4.74 Å². The number of carbonyl (C=O) groups excluding carboxylic acids is 1. The van der Waals surface area contributed by atoms with Crippen molar-refractivity contribution >= 4 is 28.5 Å². The molecule has 3 aromatic carbocycles. The molecule has 24 heavy (non-hydrogen) atoms. The van der Waals surface area contributed by atoms with Gasteiger partial charge in [0.25, 0.3) is 0 Å². The highest BCUT2D eigenvalue weighted by atomic mass is 32.2. The number of carbonyl (C=O) groups is 1. The summed E-state index contributed by atoms with van der Waals surface area (Å²) in [4.78, 5) is 13.7. The van der Waals surface area contributed by atoms with E-state index >= 15 is 0 Å². The fourth-order valence-electron chi connectivity index (χ4n) is 2.31. The van der Waals surface area contributed by atoms with Crippen LogP contribution in [0.3, 0.4) is 0 Å². The summed E-state index contributed by atoms with van der Waals surface area (Å²) < 4.78 is 5.56.